The highest BCUT2D eigenvalue weighted by Crippen LogP contribution is 2.38. The standard InChI is InChI=1S/C16H15N5OS/c1-17-14-11-13(21(2)8-18-11)12-16(20-14)23-15(19-12)9-6-4-5-7-10(9)22-3/h4-8H,1-3H3,(H,17,20). The lowest BCUT2D eigenvalue weighted by atomic mass is 10.2. The van der Waals surface area contributed by atoms with E-state index in [2.05, 4.69) is 15.3 Å². The summed E-state index contributed by atoms with van der Waals surface area (Å²) in [4.78, 5) is 14.8. The Bertz CT molecular complexity index is 1020. The quantitative estimate of drug-likeness (QED) is 0.626. The number of ether oxygens (including phenoxy) is 1. The first-order chi connectivity index (χ1) is 11.2. The Morgan fingerprint density at radius 3 is 2.78 bits per heavy atom. The van der Waals surface area contributed by atoms with Gasteiger partial charge in [-0.1, -0.05) is 23.5 Å². The van der Waals surface area contributed by atoms with Gasteiger partial charge in [-0.25, -0.2) is 15.0 Å². The van der Waals surface area contributed by atoms with Crippen LogP contribution in [-0.2, 0) is 7.05 Å². The SMILES string of the molecule is CNc1nc2sc(-c3ccccc3OC)nc2c2c1ncn2C. The number of anilines is 1. The van der Waals surface area contributed by atoms with Crippen LogP contribution in [0.1, 0.15) is 0 Å². The maximum absolute atomic E-state index is 5.45. The third-order valence-corrected chi connectivity index (χ3v) is 4.76. The molecule has 23 heavy (non-hydrogen) atoms. The largest absolute Gasteiger partial charge is 0.496 e. The molecule has 1 N–H and O–H groups in total. The van der Waals surface area contributed by atoms with Gasteiger partial charge in [0, 0.05) is 14.1 Å². The fourth-order valence-corrected chi connectivity index (χ4v) is 3.66. The van der Waals surface area contributed by atoms with Gasteiger partial charge in [0.05, 0.1) is 19.0 Å². The first kappa shape index (κ1) is 14.0. The third-order valence-electron chi connectivity index (χ3n) is 3.78. The molecule has 0 aliphatic carbocycles. The average Bonchev–Trinajstić information content (AvgIpc) is 3.17. The van der Waals surface area contributed by atoms with E-state index < -0.39 is 0 Å². The summed E-state index contributed by atoms with van der Waals surface area (Å²) in [6, 6.07) is 7.88. The number of hydrogen-bond donors (Lipinski definition) is 1. The lowest BCUT2D eigenvalue weighted by Crippen LogP contribution is -1.95. The molecular formula is C16H15N5OS. The number of para-hydroxylation sites is 1. The zero-order valence-corrected chi connectivity index (χ0v) is 13.8. The van der Waals surface area contributed by atoms with Gasteiger partial charge in [0.15, 0.2) is 5.82 Å². The summed E-state index contributed by atoms with van der Waals surface area (Å²) in [6.07, 6.45) is 1.79. The molecule has 7 heteroatoms. The van der Waals surface area contributed by atoms with E-state index in [9.17, 15) is 0 Å². The summed E-state index contributed by atoms with van der Waals surface area (Å²) in [5.41, 5.74) is 3.65. The van der Waals surface area contributed by atoms with Crippen LogP contribution < -0.4 is 10.1 Å². The number of fused-ring (bicyclic) bond motifs is 3. The van der Waals surface area contributed by atoms with Gasteiger partial charge in [0.1, 0.15) is 32.1 Å². The number of nitrogens with one attached hydrogen (secondary N) is 1. The molecule has 0 spiro atoms. The lowest BCUT2D eigenvalue weighted by Gasteiger charge is -2.04. The molecule has 116 valence electrons. The number of hydrogen-bond acceptors (Lipinski definition) is 6. The molecule has 0 aliphatic rings. The van der Waals surface area contributed by atoms with E-state index in [0.29, 0.717) is 0 Å². The zero-order valence-electron chi connectivity index (χ0n) is 13.0. The van der Waals surface area contributed by atoms with Crippen molar-refractivity contribution in [1.29, 1.82) is 0 Å². The maximum Gasteiger partial charge on any atom is 0.155 e. The summed E-state index contributed by atoms with van der Waals surface area (Å²) in [5, 5.41) is 4.00. The van der Waals surface area contributed by atoms with Crippen molar-refractivity contribution in [3.8, 4) is 16.3 Å². The molecule has 0 amide bonds. The van der Waals surface area contributed by atoms with Crippen LogP contribution in [0.3, 0.4) is 0 Å². The number of pyridine rings is 1. The fraction of sp³-hybridized carbons (Fsp3) is 0.188. The van der Waals surface area contributed by atoms with E-state index in [1.54, 1.807) is 24.8 Å². The Morgan fingerprint density at radius 1 is 1.17 bits per heavy atom. The molecule has 6 nitrogen and oxygen atoms in total. The van der Waals surface area contributed by atoms with Gasteiger partial charge >= 0.3 is 0 Å². The lowest BCUT2D eigenvalue weighted by molar-refractivity contribution is 0.416. The van der Waals surface area contributed by atoms with Crippen LogP contribution in [0.4, 0.5) is 5.82 Å². The molecule has 4 rings (SSSR count). The third kappa shape index (κ3) is 2.04. The molecule has 0 atom stereocenters. The number of imidazole rings is 1. The van der Waals surface area contributed by atoms with Crippen LogP contribution in [0.15, 0.2) is 30.6 Å². The van der Waals surface area contributed by atoms with Crippen LogP contribution in [0, 0.1) is 0 Å². The molecule has 0 bridgehead atoms. The average molecular weight is 325 g/mol. The number of rotatable bonds is 3. The Kier molecular flexibility index (Phi) is 3.16. The summed E-state index contributed by atoms with van der Waals surface area (Å²) in [7, 11) is 5.49. The second kappa shape index (κ2) is 5.20. The Morgan fingerprint density at radius 2 is 2.00 bits per heavy atom. The molecule has 0 aliphatic heterocycles. The van der Waals surface area contributed by atoms with Crippen LogP contribution in [0.25, 0.3) is 32.0 Å². The zero-order chi connectivity index (χ0) is 16.0. The van der Waals surface area contributed by atoms with E-state index in [1.165, 1.54) is 0 Å². The second-order valence-corrected chi connectivity index (χ2v) is 6.11. The first-order valence-corrected chi connectivity index (χ1v) is 7.97. The number of nitrogens with zero attached hydrogens (tertiary/aromatic N) is 4. The smallest absolute Gasteiger partial charge is 0.155 e. The fourth-order valence-electron chi connectivity index (χ4n) is 2.69. The van der Waals surface area contributed by atoms with E-state index in [0.717, 1.165) is 43.5 Å². The highest BCUT2D eigenvalue weighted by molar-refractivity contribution is 7.21. The van der Waals surface area contributed by atoms with Crippen molar-refractivity contribution in [3.05, 3.63) is 30.6 Å². The molecule has 1 aromatic carbocycles. The number of thiazole rings is 1. The minimum Gasteiger partial charge on any atom is -0.496 e. The summed E-state index contributed by atoms with van der Waals surface area (Å²) >= 11 is 1.55. The van der Waals surface area contributed by atoms with Gasteiger partial charge < -0.3 is 14.6 Å². The van der Waals surface area contributed by atoms with E-state index in [4.69, 9.17) is 9.72 Å². The Hall–Kier alpha value is -2.67. The van der Waals surface area contributed by atoms with Gasteiger partial charge in [-0.2, -0.15) is 0 Å². The molecule has 0 unspecified atom stereocenters. The van der Waals surface area contributed by atoms with Gasteiger partial charge in [-0.3, -0.25) is 0 Å². The molecule has 0 saturated carbocycles. The van der Waals surface area contributed by atoms with Crippen molar-refractivity contribution in [2.24, 2.45) is 7.05 Å². The molecule has 4 aromatic rings. The number of benzene rings is 1. The maximum atomic E-state index is 5.45. The summed E-state index contributed by atoms with van der Waals surface area (Å²) in [6.45, 7) is 0. The van der Waals surface area contributed by atoms with Crippen LogP contribution >= 0.6 is 11.3 Å². The van der Waals surface area contributed by atoms with Crippen LogP contribution in [-0.4, -0.2) is 33.7 Å². The van der Waals surface area contributed by atoms with Crippen molar-refractivity contribution in [2.45, 2.75) is 0 Å². The topological polar surface area (TPSA) is 64.9 Å². The van der Waals surface area contributed by atoms with E-state index in [-0.39, 0.29) is 0 Å². The van der Waals surface area contributed by atoms with E-state index >= 15 is 0 Å². The Labute approximate surface area is 136 Å². The summed E-state index contributed by atoms with van der Waals surface area (Å²) in [5.74, 6) is 1.57. The monoisotopic (exact) mass is 325 g/mol. The van der Waals surface area contributed by atoms with Crippen molar-refractivity contribution in [3.63, 3.8) is 0 Å². The molecular weight excluding hydrogens is 310 g/mol. The predicted octanol–water partition coefficient (Wildman–Crippen LogP) is 3.30. The second-order valence-electron chi connectivity index (χ2n) is 5.14. The predicted molar refractivity (Wildman–Crippen MR) is 93.2 cm³/mol. The molecule has 3 aromatic heterocycles. The Balaban J connectivity index is 2.05. The number of aryl methyl sites for hydroxylation is 1. The van der Waals surface area contributed by atoms with Crippen LogP contribution in [0.2, 0.25) is 0 Å². The molecule has 0 fully saturated rings. The van der Waals surface area contributed by atoms with E-state index in [1.807, 2.05) is 42.9 Å². The minimum absolute atomic E-state index is 0.767. The highest BCUT2D eigenvalue weighted by Gasteiger charge is 2.18. The van der Waals surface area contributed by atoms with Gasteiger partial charge in [-0.05, 0) is 12.1 Å². The van der Waals surface area contributed by atoms with Gasteiger partial charge in [0.2, 0.25) is 0 Å². The van der Waals surface area contributed by atoms with Crippen molar-refractivity contribution in [1.82, 2.24) is 19.5 Å². The highest BCUT2D eigenvalue weighted by atomic mass is 32.1. The normalized spacial score (nSPS) is 11.3. The molecule has 0 radical (unpaired) electrons. The van der Waals surface area contributed by atoms with Crippen molar-refractivity contribution < 1.29 is 4.74 Å². The molecule has 0 saturated heterocycles. The number of aromatic nitrogens is 4. The minimum atomic E-state index is 0.767. The number of methoxy groups -OCH3 is 1. The molecule has 3 heterocycles. The van der Waals surface area contributed by atoms with Crippen LogP contribution in [0.5, 0.6) is 5.75 Å². The van der Waals surface area contributed by atoms with Gasteiger partial charge in [-0.15, -0.1) is 0 Å². The van der Waals surface area contributed by atoms with Gasteiger partial charge in [0.25, 0.3) is 0 Å². The van der Waals surface area contributed by atoms with Crippen molar-refractivity contribution in [2.75, 3.05) is 19.5 Å². The van der Waals surface area contributed by atoms with Crippen molar-refractivity contribution >= 4 is 38.5 Å². The first-order valence-electron chi connectivity index (χ1n) is 7.15. The summed E-state index contributed by atoms with van der Waals surface area (Å²) < 4.78 is 7.43.